The van der Waals surface area contributed by atoms with Gasteiger partial charge in [-0.3, -0.25) is 4.79 Å². The van der Waals surface area contributed by atoms with Gasteiger partial charge in [0.25, 0.3) is 0 Å². The number of benzene rings is 2. The smallest absolute Gasteiger partial charge is 0.224 e. The zero-order valence-corrected chi connectivity index (χ0v) is 14.1. The summed E-state index contributed by atoms with van der Waals surface area (Å²) >= 11 is 6.21. The minimum absolute atomic E-state index is 0.0235. The molecular weight excluding hydrogens is 310 g/mol. The summed E-state index contributed by atoms with van der Waals surface area (Å²) in [4.78, 5) is 12.0. The van der Waals surface area contributed by atoms with Gasteiger partial charge in [-0.1, -0.05) is 61.3 Å². The summed E-state index contributed by atoms with van der Waals surface area (Å²) in [5.74, 6) is 0.651. The van der Waals surface area contributed by atoms with E-state index in [4.69, 9.17) is 16.3 Å². The van der Waals surface area contributed by atoms with Gasteiger partial charge < -0.3 is 10.1 Å². The molecule has 1 N–H and O–H groups in total. The van der Waals surface area contributed by atoms with E-state index in [2.05, 4.69) is 12.2 Å². The van der Waals surface area contributed by atoms with Crippen molar-refractivity contribution >= 4 is 17.5 Å². The molecule has 0 heterocycles. The van der Waals surface area contributed by atoms with Gasteiger partial charge in [-0.15, -0.1) is 0 Å². The van der Waals surface area contributed by atoms with Crippen molar-refractivity contribution in [3.63, 3.8) is 0 Å². The van der Waals surface area contributed by atoms with Crippen molar-refractivity contribution in [1.29, 1.82) is 0 Å². The van der Waals surface area contributed by atoms with Gasteiger partial charge in [-0.2, -0.15) is 0 Å². The molecular formula is C19H22ClNO2. The number of carbonyl (C=O) groups excluding carboxylic acids is 1. The molecule has 0 unspecified atom stereocenters. The minimum atomic E-state index is -0.0235. The molecule has 0 aliphatic rings. The molecule has 0 aliphatic heterocycles. The Labute approximate surface area is 142 Å². The number of nitrogens with one attached hydrogen (secondary N) is 1. The third kappa shape index (κ3) is 5.95. The van der Waals surface area contributed by atoms with Gasteiger partial charge in [-0.25, -0.2) is 0 Å². The van der Waals surface area contributed by atoms with Crippen molar-refractivity contribution in [2.24, 2.45) is 0 Å². The predicted octanol–water partition coefficient (Wildman–Crippen LogP) is 4.38. The highest BCUT2D eigenvalue weighted by atomic mass is 35.5. The highest BCUT2D eigenvalue weighted by Crippen LogP contribution is 2.25. The molecule has 2 aromatic carbocycles. The number of rotatable bonds is 8. The first-order valence-corrected chi connectivity index (χ1v) is 8.28. The lowest BCUT2D eigenvalue weighted by Gasteiger charge is -2.09. The molecule has 0 saturated carbocycles. The highest BCUT2D eigenvalue weighted by molar-refractivity contribution is 6.32. The summed E-state index contributed by atoms with van der Waals surface area (Å²) < 4.78 is 5.61. The number of halogens is 1. The molecule has 0 aromatic heterocycles. The molecule has 0 spiro atoms. The second-order valence-electron chi connectivity index (χ2n) is 5.41. The molecule has 4 heteroatoms. The topological polar surface area (TPSA) is 38.3 Å². The Balaban J connectivity index is 1.84. The van der Waals surface area contributed by atoms with Crippen LogP contribution >= 0.6 is 11.6 Å². The first-order chi connectivity index (χ1) is 11.2. The van der Waals surface area contributed by atoms with E-state index >= 15 is 0 Å². The average molecular weight is 332 g/mol. The van der Waals surface area contributed by atoms with Crippen LogP contribution in [0, 0.1) is 0 Å². The van der Waals surface area contributed by atoms with E-state index in [0.717, 1.165) is 24.0 Å². The molecule has 2 rings (SSSR count). The number of amides is 1. The van der Waals surface area contributed by atoms with Gasteiger partial charge in [0.15, 0.2) is 0 Å². The Kier molecular flexibility index (Phi) is 6.95. The lowest BCUT2D eigenvalue weighted by molar-refractivity contribution is -0.120. The van der Waals surface area contributed by atoms with Gasteiger partial charge in [-0.05, 0) is 29.7 Å². The molecule has 2 aromatic rings. The van der Waals surface area contributed by atoms with Gasteiger partial charge in [0, 0.05) is 6.54 Å². The van der Waals surface area contributed by atoms with Gasteiger partial charge in [0.05, 0.1) is 18.1 Å². The number of unbranched alkanes of at least 4 members (excludes halogenated alkanes) is 1. The van der Waals surface area contributed by atoms with E-state index in [1.165, 1.54) is 0 Å². The Morgan fingerprint density at radius 1 is 1.13 bits per heavy atom. The minimum Gasteiger partial charge on any atom is -0.492 e. The third-order valence-electron chi connectivity index (χ3n) is 3.45. The fourth-order valence-electron chi connectivity index (χ4n) is 2.14. The van der Waals surface area contributed by atoms with Crippen LogP contribution in [-0.2, 0) is 17.8 Å². The summed E-state index contributed by atoms with van der Waals surface area (Å²) in [7, 11) is 0. The van der Waals surface area contributed by atoms with Crippen LogP contribution in [0.3, 0.4) is 0 Å². The fraction of sp³-hybridized carbons (Fsp3) is 0.316. The molecule has 0 saturated heterocycles. The molecule has 1 amide bonds. The maximum Gasteiger partial charge on any atom is 0.224 e. The van der Waals surface area contributed by atoms with Crippen molar-refractivity contribution in [1.82, 2.24) is 5.32 Å². The number of hydrogen-bond donors (Lipinski definition) is 1. The van der Waals surface area contributed by atoms with E-state index < -0.39 is 0 Å². The zero-order valence-electron chi connectivity index (χ0n) is 13.3. The van der Waals surface area contributed by atoms with Crippen LogP contribution in [0.2, 0.25) is 5.02 Å². The lowest BCUT2D eigenvalue weighted by atomic mass is 10.1. The molecule has 23 heavy (non-hydrogen) atoms. The predicted molar refractivity (Wildman–Crippen MR) is 93.8 cm³/mol. The van der Waals surface area contributed by atoms with Crippen LogP contribution in [0.15, 0.2) is 48.5 Å². The van der Waals surface area contributed by atoms with Gasteiger partial charge in [0.1, 0.15) is 5.75 Å². The first-order valence-electron chi connectivity index (χ1n) is 7.91. The molecule has 0 radical (unpaired) electrons. The molecule has 0 fully saturated rings. The standard InChI is InChI=1S/C19H22ClNO2/c1-2-3-11-23-18-10-9-16(12-17(18)20)13-19(22)21-14-15-7-5-4-6-8-15/h4-10,12H,2-3,11,13-14H2,1H3,(H,21,22). The quantitative estimate of drug-likeness (QED) is 0.729. The van der Waals surface area contributed by atoms with Crippen LogP contribution in [0.4, 0.5) is 0 Å². The normalized spacial score (nSPS) is 10.3. The average Bonchev–Trinajstić information content (AvgIpc) is 2.56. The van der Waals surface area contributed by atoms with Gasteiger partial charge >= 0.3 is 0 Å². The Morgan fingerprint density at radius 2 is 1.91 bits per heavy atom. The number of carbonyl (C=O) groups is 1. The second kappa shape index (κ2) is 9.21. The molecule has 122 valence electrons. The molecule has 0 aliphatic carbocycles. The first kappa shape index (κ1) is 17.4. The van der Waals surface area contributed by atoms with Crippen LogP contribution in [0.5, 0.6) is 5.75 Å². The monoisotopic (exact) mass is 331 g/mol. The largest absolute Gasteiger partial charge is 0.492 e. The summed E-state index contributed by atoms with van der Waals surface area (Å²) in [6, 6.07) is 15.4. The van der Waals surface area contributed by atoms with E-state index in [9.17, 15) is 4.79 Å². The van der Waals surface area contributed by atoms with E-state index in [1.54, 1.807) is 6.07 Å². The van der Waals surface area contributed by atoms with Crippen LogP contribution in [-0.4, -0.2) is 12.5 Å². The summed E-state index contributed by atoms with van der Waals surface area (Å²) in [5, 5.41) is 3.46. The fourth-order valence-corrected chi connectivity index (χ4v) is 2.40. The SMILES string of the molecule is CCCCOc1ccc(CC(=O)NCc2ccccc2)cc1Cl. The lowest BCUT2D eigenvalue weighted by Crippen LogP contribution is -2.24. The maximum atomic E-state index is 12.0. The summed E-state index contributed by atoms with van der Waals surface area (Å²) in [6.45, 7) is 3.31. The van der Waals surface area contributed by atoms with Crippen LogP contribution < -0.4 is 10.1 Å². The van der Waals surface area contributed by atoms with Crippen molar-refractivity contribution < 1.29 is 9.53 Å². The van der Waals surface area contributed by atoms with Crippen molar-refractivity contribution in [2.75, 3.05) is 6.61 Å². The van der Waals surface area contributed by atoms with E-state index in [-0.39, 0.29) is 5.91 Å². The van der Waals surface area contributed by atoms with Crippen molar-refractivity contribution in [3.05, 3.63) is 64.7 Å². The Hall–Kier alpha value is -2.00. The summed E-state index contributed by atoms with van der Waals surface area (Å²) in [5.41, 5.74) is 1.96. The van der Waals surface area contributed by atoms with Crippen molar-refractivity contribution in [2.45, 2.75) is 32.7 Å². The van der Waals surface area contributed by atoms with Crippen LogP contribution in [0.1, 0.15) is 30.9 Å². The van der Waals surface area contributed by atoms with E-state index in [1.807, 2.05) is 42.5 Å². The highest BCUT2D eigenvalue weighted by Gasteiger charge is 2.07. The molecule has 0 bridgehead atoms. The maximum absolute atomic E-state index is 12.0. The summed E-state index contributed by atoms with van der Waals surface area (Å²) in [6.07, 6.45) is 2.39. The second-order valence-corrected chi connectivity index (χ2v) is 5.81. The zero-order chi connectivity index (χ0) is 16.5. The van der Waals surface area contributed by atoms with E-state index in [0.29, 0.717) is 30.3 Å². The number of hydrogen-bond acceptors (Lipinski definition) is 2. The third-order valence-corrected chi connectivity index (χ3v) is 3.74. The number of ether oxygens (including phenoxy) is 1. The Bertz CT molecular complexity index is 629. The van der Waals surface area contributed by atoms with Crippen molar-refractivity contribution in [3.8, 4) is 5.75 Å². The molecule has 0 atom stereocenters. The van der Waals surface area contributed by atoms with Gasteiger partial charge in [0.2, 0.25) is 5.91 Å². The van der Waals surface area contributed by atoms with Crippen LogP contribution in [0.25, 0.3) is 0 Å². The Morgan fingerprint density at radius 3 is 2.61 bits per heavy atom. The molecule has 3 nitrogen and oxygen atoms in total.